The van der Waals surface area contributed by atoms with Gasteiger partial charge in [-0.15, -0.1) is 0 Å². The molecule has 6 nitrogen and oxygen atoms in total. The zero-order chi connectivity index (χ0) is 15.4. The number of hydrogen-bond donors (Lipinski definition) is 2. The Hall–Kier alpha value is -2.08. The molecule has 1 aromatic rings. The molecule has 0 spiro atoms. The molecule has 114 valence electrons. The van der Waals surface area contributed by atoms with Gasteiger partial charge in [0.25, 0.3) is 0 Å². The molecular weight excluding hydrogens is 268 g/mol. The maximum absolute atomic E-state index is 12.3. The van der Waals surface area contributed by atoms with Gasteiger partial charge in [0.1, 0.15) is 0 Å². The van der Waals surface area contributed by atoms with Crippen molar-refractivity contribution >= 4 is 23.2 Å². The van der Waals surface area contributed by atoms with Gasteiger partial charge < -0.3 is 16.4 Å². The molecule has 21 heavy (non-hydrogen) atoms. The Morgan fingerprint density at radius 2 is 2.00 bits per heavy atom. The molecule has 6 heteroatoms. The summed E-state index contributed by atoms with van der Waals surface area (Å²) in [5, 5.41) is 0. The van der Waals surface area contributed by atoms with E-state index in [1.165, 1.54) is 0 Å². The fourth-order valence-electron chi connectivity index (χ4n) is 2.57. The third-order valence-electron chi connectivity index (χ3n) is 3.92. The highest BCUT2D eigenvalue weighted by atomic mass is 16.2. The highest BCUT2D eigenvalue weighted by Gasteiger charge is 2.26. The number of nitrogens with zero attached hydrogens (tertiary/aromatic N) is 2. The maximum Gasteiger partial charge on any atom is 0.240 e. The summed E-state index contributed by atoms with van der Waals surface area (Å²) >= 11 is 0. The number of nitrogens with two attached hydrogens (primary N) is 2. The number of benzene rings is 1. The van der Waals surface area contributed by atoms with Crippen molar-refractivity contribution in [3.05, 3.63) is 24.3 Å². The Morgan fingerprint density at radius 3 is 2.62 bits per heavy atom. The molecule has 0 aliphatic carbocycles. The van der Waals surface area contributed by atoms with E-state index in [2.05, 4.69) is 0 Å². The number of amides is 2. The lowest BCUT2D eigenvalue weighted by Gasteiger charge is -2.31. The van der Waals surface area contributed by atoms with Crippen molar-refractivity contribution in [1.82, 2.24) is 4.90 Å². The Labute approximate surface area is 124 Å². The summed E-state index contributed by atoms with van der Waals surface area (Å²) in [4.78, 5) is 27.2. The molecule has 1 aliphatic heterocycles. The topological polar surface area (TPSA) is 92.7 Å². The number of likely N-dealkylation sites (N-methyl/N-ethyl adjacent to an activating group) is 1. The van der Waals surface area contributed by atoms with Crippen LogP contribution in [0.4, 0.5) is 11.4 Å². The molecule has 2 amide bonds. The molecule has 1 aliphatic rings. The van der Waals surface area contributed by atoms with Crippen molar-refractivity contribution in [3.8, 4) is 0 Å². The quantitative estimate of drug-likeness (QED) is 0.786. The lowest BCUT2D eigenvalue weighted by molar-refractivity contribution is -0.125. The second-order valence-corrected chi connectivity index (χ2v) is 5.52. The second kappa shape index (κ2) is 6.58. The molecule has 0 saturated carbocycles. The van der Waals surface area contributed by atoms with Crippen LogP contribution in [0.1, 0.15) is 12.8 Å². The highest BCUT2D eigenvalue weighted by molar-refractivity contribution is 5.94. The average molecular weight is 290 g/mol. The summed E-state index contributed by atoms with van der Waals surface area (Å²) < 4.78 is 0. The SMILES string of the molecule is CN(C(=O)CN1CCCC(C(N)=O)C1)c1ccc(N)cc1. The highest BCUT2D eigenvalue weighted by Crippen LogP contribution is 2.18. The number of carbonyl (C=O) groups is 2. The number of primary amides is 1. The minimum atomic E-state index is -0.279. The van der Waals surface area contributed by atoms with Gasteiger partial charge in [-0.05, 0) is 43.7 Å². The van der Waals surface area contributed by atoms with Gasteiger partial charge in [-0.1, -0.05) is 0 Å². The van der Waals surface area contributed by atoms with Crippen molar-refractivity contribution in [3.63, 3.8) is 0 Å². The lowest BCUT2D eigenvalue weighted by atomic mass is 9.97. The van der Waals surface area contributed by atoms with Crippen molar-refractivity contribution in [2.24, 2.45) is 11.7 Å². The van der Waals surface area contributed by atoms with Gasteiger partial charge in [0, 0.05) is 25.0 Å². The molecule has 1 heterocycles. The van der Waals surface area contributed by atoms with Crippen LogP contribution in [0.15, 0.2) is 24.3 Å². The van der Waals surface area contributed by atoms with E-state index in [0.717, 1.165) is 25.1 Å². The minimum Gasteiger partial charge on any atom is -0.399 e. The molecular formula is C15H22N4O2. The zero-order valence-corrected chi connectivity index (χ0v) is 12.3. The van der Waals surface area contributed by atoms with Crippen LogP contribution in [0.25, 0.3) is 0 Å². The Bertz CT molecular complexity index is 515. The molecule has 0 aromatic heterocycles. The first kappa shape index (κ1) is 15.3. The second-order valence-electron chi connectivity index (χ2n) is 5.52. The van der Waals surface area contributed by atoms with Gasteiger partial charge in [0.15, 0.2) is 0 Å². The molecule has 0 bridgehead atoms. The predicted octanol–water partition coefficient (Wildman–Crippen LogP) is 0.429. The van der Waals surface area contributed by atoms with E-state index < -0.39 is 0 Å². The molecule has 1 atom stereocenters. The van der Waals surface area contributed by atoms with Crippen molar-refractivity contribution < 1.29 is 9.59 Å². The number of hydrogen-bond acceptors (Lipinski definition) is 4. The van der Waals surface area contributed by atoms with Gasteiger partial charge in [-0.3, -0.25) is 14.5 Å². The monoisotopic (exact) mass is 290 g/mol. The maximum atomic E-state index is 12.3. The molecule has 0 radical (unpaired) electrons. The molecule has 4 N–H and O–H groups in total. The summed E-state index contributed by atoms with van der Waals surface area (Å²) in [7, 11) is 1.74. The van der Waals surface area contributed by atoms with Crippen LogP contribution < -0.4 is 16.4 Å². The lowest BCUT2D eigenvalue weighted by Crippen LogP contribution is -2.46. The minimum absolute atomic E-state index is 0.00936. The third-order valence-corrected chi connectivity index (χ3v) is 3.92. The largest absolute Gasteiger partial charge is 0.399 e. The molecule has 1 saturated heterocycles. The van der Waals surface area contributed by atoms with E-state index in [9.17, 15) is 9.59 Å². The molecule has 1 fully saturated rings. The van der Waals surface area contributed by atoms with Crippen molar-refractivity contribution in [2.45, 2.75) is 12.8 Å². The Kier molecular flexibility index (Phi) is 4.80. The number of nitrogen functional groups attached to an aromatic ring is 1. The Morgan fingerprint density at radius 1 is 1.33 bits per heavy atom. The van der Waals surface area contributed by atoms with E-state index >= 15 is 0 Å². The van der Waals surface area contributed by atoms with Gasteiger partial charge in [0.2, 0.25) is 11.8 Å². The molecule has 2 rings (SSSR count). The Balaban J connectivity index is 1.94. The van der Waals surface area contributed by atoms with Crippen LogP contribution in [0.2, 0.25) is 0 Å². The van der Waals surface area contributed by atoms with Crippen LogP contribution in [0.3, 0.4) is 0 Å². The van der Waals surface area contributed by atoms with Crippen LogP contribution in [0, 0.1) is 5.92 Å². The van der Waals surface area contributed by atoms with Crippen molar-refractivity contribution in [1.29, 1.82) is 0 Å². The standard InChI is InChI=1S/C15H22N4O2/c1-18(13-6-4-12(16)5-7-13)14(20)10-19-8-2-3-11(9-19)15(17)21/h4-7,11H,2-3,8-10,16H2,1H3,(H2,17,21). The van der Waals surface area contributed by atoms with Crippen LogP contribution in [0.5, 0.6) is 0 Å². The predicted molar refractivity (Wildman–Crippen MR) is 82.6 cm³/mol. The number of piperidine rings is 1. The summed E-state index contributed by atoms with van der Waals surface area (Å²) in [5.41, 5.74) is 12.5. The fraction of sp³-hybridized carbons (Fsp3) is 0.467. The fourth-order valence-corrected chi connectivity index (χ4v) is 2.57. The first-order chi connectivity index (χ1) is 9.97. The zero-order valence-electron chi connectivity index (χ0n) is 12.3. The van der Waals surface area contributed by atoms with Crippen LogP contribution in [-0.2, 0) is 9.59 Å². The summed E-state index contributed by atoms with van der Waals surface area (Å²) in [6.07, 6.45) is 1.71. The van der Waals surface area contributed by atoms with E-state index in [1.807, 2.05) is 17.0 Å². The van der Waals surface area contributed by atoms with E-state index in [4.69, 9.17) is 11.5 Å². The van der Waals surface area contributed by atoms with E-state index in [0.29, 0.717) is 18.8 Å². The first-order valence-electron chi connectivity index (χ1n) is 7.11. The summed E-state index contributed by atoms with van der Waals surface area (Å²) in [5.74, 6) is -0.433. The number of rotatable bonds is 4. The van der Waals surface area contributed by atoms with Gasteiger partial charge in [0.05, 0.1) is 12.5 Å². The third kappa shape index (κ3) is 3.95. The van der Waals surface area contributed by atoms with E-state index in [-0.39, 0.29) is 17.7 Å². The summed E-state index contributed by atoms with van der Waals surface area (Å²) in [6.45, 7) is 1.69. The number of anilines is 2. The average Bonchev–Trinajstić information content (AvgIpc) is 2.47. The number of likely N-dealkylation sites (tertiary alicyclic amines) is 1. The normalized spacial score (nSPS) is 19.2. The summed E-state index contributed by atoms with van der Waals surface area (Å²) in [6, 6.07) is 7.16. The van der Waals surface area contributed by atoms with Gasteiger partial charge >= 0.3 is 0 Å². The van der Waals surface area contributed by atoms with Crippen molar-refractivity contribution in [2.75, 3.05) is 37.3 Å². The van der Waals surface area contributed by atoms with Crippen LogP contribution in [-0.4, -0.2) is 43.4 Å². The number of carbonyl (C=O) groups excluding carboxylic acids is 2. The van der Waals surface area contributed by atoms with Crippen LogP contribution >= 0.6 is 0 Å². The van der Waals surface area contributed by atoms with Gasteiger partial charge in [-0.25, -0.2) is 0 Å². The molecule has 1 aromatic carbocycles. The smallest absolute Gasteiger partial charge is 0.240 e. The van der Waals surface area contributed by atoms with E-state index in [1.54, 1.807) is 24.1 Å². The van der Waals surface area contributed by atoms with Gasteiger partial charge in [-0.2, -0.15) is 0 Å². The molecule has 1 unspecified atom stereocenters. The first-order valence-corrected chi connectivity index (χ1v) is 7.11.